The van der Waals surface area contributed by atoms with Gasteiger partial charge in [-0.3, -0.25) is 9.58 Å². The van der Waals surface area contributed by atoms with Crippen molar-refractivity contribution in [3.8, 4) is 0 Å². The maximum Gasteiger partial charge on any atom is 0.0965 e. The van der Waals surface area contributed by atoms with Crippen LogP contribution < -0.4 is 0 Å². The van der Waals surface area contributed by atoms with Crippen LogP contribution in [-0.4, -0.2) is 57.7 Å². The fourth-order valence-corrected chi connectivity index (χ4v) is 2.52. The Hall–Kier alpha value is -0.910. The molecule has 1 aromatic rings. The smallest absolute Gasteiger partial charge is 0.0965 e. The van der Waals surface area contributed by atoms with Gasteiger partial charge in [0, 0.05) is 37.8 Å². The maximum atomic E-state index is 10.4. The van der Waals surface area contributed by atoms with Gasteiger partial charge in [0.25, 0.3) is 0 Å². The Labute approximate surface area is 121 Å². The monoisotopic (exact) mass is 281 g/mol. The Kier molecular flexibility index (Phi) is 5.18. The third-order valence-corrected chi connectivity index (χ3v) is 3.90. The number of aromatic nitrogens is 2. The minimum absolute atomic E-state index is 0.115. The Morgan fingerprint density at radius 2 is 2.10 bits per heavy atom. The summed E-state index contributed by atoms with van der Waals surface area (Å²) in [4.78, 5) is 2.35. The molecule has 1 aromatic heterocycles. The second-order valence-electron chi connectivity index (χ2n) is 6.15. The molecule has 5 heteroatoms. The van der Waals surface area contributed by atoms with E-state index in [1.54, 1.807) is 0 Å². The molecule has 0 amide bonds. The highest BCUT2D eigenvalue weighted by atomic mass is 16.5. The summed E-state index contributed by atoms with van der Waals surface area (Å²) in [5.41, 5.74) is 0.927. The van der Waals surface area contributed by atoms with Crippen LogP contribution in [0.5, 0.6) is 0 Å². The lowest BCUT2D eigenvalue weighted by Gasteiger charge is -2.37. The van der Waals surface area contributed by atoms with Gasteiger partial charge in [-0.05, 0) is 33.8 Å². The molecule has 0 bridgehead atoms. The number of morpholine rings is 1. The van der Waals surface area contributed by atoms with E-state index in [0.717, 1.165) is 18.8 Å². The van der Waals surface area contributed by atoms with Crippen LogP contribution in [0.1, 0.15) is 39.4 Å². The van der Waals surface area contributed by atoms with E-state index in [0.29, 0.717) is 25.1 Å². The van der Waals surface area contributed by atoms with E-state index in [2.05, 4.69) is 37.7 Å². The van der Waals surface area contributed by atoms with E-state index >= 15 is 0 Å². The van der Waals surface area contributed by atoms with Gasteiger partial charge in [0.05, 0.1) is 24.5 Å². The standard InChI is InChI=1S/C15H27N3O2/c1-11(2)17-7-8-20-15(10-17)14(19)9-13-5-6-18(16-13)12(3)4/h5-6,11-12,14-15,19H,7-10H2,1-4H3. The first-order valence-electron chi connectivity index (χ1n) is 7.55. The summed E-state index contributed by atoms with van der Waals surface area (Å²) in [6.07, 6.45) is 1.91. The van der Waals surface area contributed by atoms with Crippen molar-refractivity contribution in [2.24, 2.45) is 0 Å². The van der Waals surface area contributed by atoms with Crippen LogP contribution >= 0.6 is 0 Å². The summed E-state index contributed by atoms with van der Waals surface area (Å²) in [5, 5.41) is 14.9. The van der Waals surface area contributed by atoms with Crippen molar-refractivity contribution < 1.29 is 9.84 Å². The lowest BCUT2D eigenvalue weighted by atomic mass is 10.1. The van der Waals surface area contributed by atoms with Crippen molar-refractivity contribution in [1.82, 2.24) is 14.7 Å². The largest absolute Gasteiger partial charge is 0.390 e. The summed E-state index contributed by atoms with van der Waals surface area (Å²) < 4.78 is 7.64. The molecule has 0 aromatic carbocycles. The number of hydrogen-bond acceptors (Lipinski definition) is 4. The molecule has 0 radical (unpaired) electrons. The van der Waals surface area contributed by atoms with E-state index in [-0.39, 0.29) is 6.10 Å². The van der Waals surface area contributed by atoms with E-state index in [9.17, 15) is 5.11 Å². The van der Waals surface area contributed by atoms with Crippen molar-refractivity contribution >= 4 is 0 Å². The Morgan fingerprint density at radius 1 is 1.35 bits per heavy atom. The molecular weight excluding hydrogens is 254 g/mol. The number of ether oxygens (including phenoxy) is 1. The molecule has 1 aliphatic rings. The predicted octanol–water partition coefficient (Wildman–Crippen LogP) is 1.48. The van der Waals surface area contributed by atoms with Crippen LogP contribution in [0.4, 0.5) is 0 Å². The van der Waals surface area contributed by atoms with Gasteiger partial charge in [0.1, 0.15) is 0 Å². The van der Waals surface area contributed by atoms with Gasteiger partial charge < -0.3 is 9.84 Å². The molecular formula is C15H27N3O2. The number of nitrogens with zero attached hydrogens (tertiary/aromatic N) is 3. The molecule has 5 nitrogen and oxygen atoms in total. The first-order valence-corrected chi connectivity index (χ1v) is 7.55. The molecule has 2 rings (SSSR count). The van der Waals surface area contributed by atoms with Crippen molar-refractivity contribution in [3.05, 3.63) is 18.0 Å². The quantitative estimate of drug-likeness (QED) is 0.888. The van der Waals surface area contributed by atoms with Gasteiger partial charge in [-0.2, -0.15) is 5.10 Å². The molecule has 20 heavy (non-hydrogen) atoms. The molecule has 2 heterocycles. The van der Waals surface area contributed by atoms with Gasteiger partial charge in [-0.15, -0.1) is 0 Å². The molecule has 1 N–H and O–H groups in total. The average Bonchev–Trinajstić information content (AvgIpc) is 2.87. The Morgan fingerprint density at radius 3 is 2.70 bits per heavy atom. The second-order valence-corrected chi connectivity index (χ2v) is 6.15. The maximum absolute atomic E-state index is 10.4. The summed E-state index contributed by atoms with van der Waals surface area (Å²) in [5.74, 6) is 0. The second kappa shape index (κ2) is 6.70. The van der Waals surface area contributed by atoms with Crippen LogP contribution in [0.2, 0.25) is 0 Å². The topological polar surface area (TPSA) is 50.5 Å². The molecule has 2 unspecified atom stereocenters. The highest BCUT2D eigenvalue weighted by Crippen LogP contribution is 2.15. The molecule has 1 aliphatic heterocycles. The normalized spacial score (nSPS) is 22.6. The summed E-state index contributed by atoms with van der Waals surface area (Å²) in [6.45, 7) is 11.0. The van der Waals surface area contributed by atoms with Gasteiger partial charge in [0.15, 0.2) is 0 Å². The molecule has 1 saturated heterocycles. The highest BCUT2D eigenvalue weighted by Gasteiger charge is 2.28. The fraction of sp³-hybridized carbons (Fsp3) is 0.800. The van der Waals surface area contributed by atoms with Crippen molar-refractivity contribution in [1.29, 1.82) is 0 Å². The third-order valence-electron chi connectivity index (χ3n) is 3.90. The minimum Gasteiger partial charge on any atom is -0.390 e. The first kappa shape index (κ1) is 15.5. The molecule has 0 spiro atoms. The summed E-state index contributed by atoms with van der Waals surface area (Å²) in [6, 6.07) is 2.82. The highest BCUT2D eigenvalue weighted by molar-refractivity contribution is 5.02. The van der Waals surface area contributed by atoms with E-state index in [4.69, 9.17) is 4.74 Å². The van der Waals surface area contributed by atoms with Crippen LogP contribution in [0.15, 0.2) is 12.3 Å². The number of rotatable bonds is 5. The van der Waals surface area contributed by atoms with Gasteiger partial charge in [-0.1, -0.05) is 0 Å². The summed E-state index contributed by atoms with van der Waals surface area (Å²) in [7, 11) is 0. The minimum atomic E-state index is -0.493. The molecule has 2 atom stereocenters. The molecule has 0 aliphatic carbocycles. The fourth-order valence-electron chi connectivity index (χ4n) is 2.52. The van der Waals surface area contributed by atoms with Crippen LogP contribution in [0.25, 0.3) is 0 Å². The zero-order chi connectivity index (χ0) is 14.7. The van der Waals surface area contributed by atoms with Crippen molar-refractivity contribution in [3.63, 3.8) is 0 Å². The van der Waals surface area contributed by atoms with Gasteiger partial charge >= 0.3 is 0 Å². The van der Waals surface area contributed by atoms with Crippen molar-refractivity contribution in [2.45, 2.75) is 58.4 Å². The van der Waals surface area contributed by atoms with Crippen LogP contribution in [0.3, 0.4) is 0 Å². The zero-order valence-corrected chi connectivity index (χ0v) is 13.0. The Balaban J connectivity index is 1.91. The number of aliphatic hydroxyl groups excluding tert-OH is 1. The van der Waals surface area contributed by atoms with Crippen LogP contribution in [0, 0.1) is 0 Å². The van der Waals surface area contributed by atoms with Gasteiger partial charge in [0.2, 0.25) is 0 Å². The van der Waals surface area contributed by atoms with Gasteiger partial charge in [-0.25, -0.2) is 0 Å². The van der Waals surface area contributed by atoms with E-state index in [1.807, 2.05) is 16.9 Å². The zero-order valence-electron chi connectivity index (χ0n) is 13.0. The van der Waals surface area contributed by atoms with Crippen molar-refractivity contribution in [2.75, 3.05) is 19.7 Å². The SMILES string of the molecule is CC(C)N1CCOC(C(O)Cc2ccn(C(C)C)n2)C1. The summed E-state index contributed by atoms with van der Waals surface area (Å²) >= 11 is 0. The molecule has 1 fully saturated rings. The van der Waals surface area contributed by atoms with Crippen LogP contribution in [-0.2, 0) is 11.2 Å². The number of aliphatic hydroxyl groups is 1. The first-order chi connectivity index (χ1) is 9.47. The molecule has 0 saturated carbocycles. The van der Waals surface area contributed by atoms with E-state index < -0.39 is 6.10 Å². The number of hydrogen-bond donors (Lipinski definition) is 1. The predicted molar refractivity (Wildman–Crippen MR) is 78.8 cm³/mol. The lowest BCUT2D eigenvalue weighted by molar-refractivity contribution is -0.0943. The molecule has 114 valence electrons. The van der Waals surface area contributed by atoms with E-state index in [1.165, 1.54) is 0 Å². The lowest BCUT2D eigenvalue weighted by Crippen LogP contribution is -2.50. The third kappa shape index (κ3) is 3.81. The average molecular weight is 281 g/mol. The Bertz CT molecular complexity index is 417.